The lowest BCUT2D eigenvalue weighted by atomic mass is 9.63. The third-order valence-corrected chi connectivity index (χ3v) is 3.91. The van der Waals surface area contributed by atoms with Crippen LogP contribution in [0.2, 0.25) is 0 Å². The number of rotatable bonds is 3. The Hall–Kier alpha value is -0.830. The highest BCUT2D eigenvalue weighted by atomic mass is 15.2. The minimum atomic E-state index is 0.453. The lowest BCUT2D eigenvalue weighted by Crippen LogP contribution is -2.43. The number of aryl methyl sites for hydroxylation is 1. The van der Waals surface area contributed by atoms with Crippen molar-refractivity contribution in [3.05, 3.63) is 18.0 Å². The molecule has 0 atom stereocenters. The average molecular weight is 249 g/mol. The Labute approximate surface area is 111 Å². The molecule has 3 nitrogen and oxygen atoms in total. The second kappa shape index (κ2) is 4.69. The van der Waals surface area contributed by atoms with E-state index in [1.54, 1.807) is 0 Å². The first-order chi connectivity index (χ1) is 8.26. The topological polar surface area (TPSA) is 29.9 Å². The first kappa shape index (κ1) is 13.6. The van der Waals surface area contributed by atoms with Crippen LogP contribution in [0, 0.1) is 10.8 Å². The van der Waals surface area contributed by atoms with E-state index in [0.717, 1.165) is 6.54 Å². The van der Waals surface area contributed by atoms with Gasteiger partial charge in [-0.1, -0.05) is 27.7 Å². The molecule has 1 heterocycles. The number of nitrogens with one attached hydrogen (secondary N) is 1. The largest absolute Gasteiger partial charge is 0.310 e. The zero-order valence-corrected chi connectivity index (χ0v) is 12.5. The van der Waals surface area contributed by atoms with Crippen molar-refractivity contribution in [1.29, 1.82) is 0 Å². The molecule has 1 fully saturated rings. The molecular weight excluding hydrogens is 222 g/mol. The average Bonchev–Trinajstić information content (AvgIpc) is 2.56. The van der Waals surface area contributed by atoms with Crippen LogP contribution < -0.4 is 5.32 Å². The summed E-state index contributed by atoms with van der Waals surface area (Å²) in [6.45, 7) is 10.5. The summed E-state index contributed by atoms with van der Waals surface area (Å²) >= 11 is 0. The molecule has 0 radical (unpaired) electrons. The molecule has 0 saturated heterocycles. The Bertz CT molecular complexity index is 388. The predicted octanol–water partition coefficient (Wildman–Crippen LogP) is 3.11. The minimum Gasteiger partial charge on any atom is -0.310 e. The molecule has 3 heteroatoms. The summed E-state index contributed by atoms with van der Waals surface area (Å²) in [6, 6.07) is 0.629. The Balaban J connectivity index is 1.93. The lowest BCUT2D eigenvalue weighted by Gasteiger charge is -2.45. The van der Waals surface area contributed by atoms with Gasteiger partial charge in [0.05, 0.1) is 6.20 Å². The van der Waals surface area contributed by atoms with Gasteiger partial charge in [0, 0.05) is 31.4 Å². The van der Waals surface area contributed by atoms with Crippen LogP contribution in [0.1, 0.15) is 52.5 Å². The molecule has 0 spiro atoms. The van der Waals surface area contributed by atoms with Gasteiger partial charge in [-0.25, -0.2) is 0 Å². The lowest BCUT2D eigenvalue weighted by molar-refractivity contribution is 0.0845. The predicted molar refractivity (Wildman–Crippen MR) is 75.2 cm³/mol. The monoisotopic (exact) mass is 249 g/mol. The molecule has 0 unspecified atom stereocenters. The van der Waals surface area contributed by atoms with Gasteiger partial charge in [0.25, 0.3) is 0 Å². The fourth-order valence-corrected chi connectivity index (χ4v) is 3.82. The maximum absolute atomic E-state index is 4.21. The Morgan fingerprint density at radius 2 is 1.89 bits per heavy atom. The van der Waals surface area contributed by atoms with Gasteiger partial charge in [-0.15, -0.1) is 0 Å². The highest BCUT2D eigenvalue weighted by molar-refractivity contribution is 5.04. The summed E-state index contributed by atoms with van der Waals surface area (Å²) < 4.78 is 1.87. The highest BCUT2D eigenvalue weighted by Gasteiger charge is 2.38. The standard InChI is InChI=1S/C15H27N3/c1-14(2)6-13(7-15(3,4)11-14)16-8-12-9-17-18(5)10-12/h9-10,13,16H,6-8,11H2,1-5H3. The zero-order chi connectivity index (χ0) is 13.4. The van der Waals surface area contributed by atoms with Crippen molar-refractivity contribution in [1.82, 2.24) is 15.1 Å². The summed E-state index contributed by atoms with van der Waals surface area (Å²) in [5.41, 5.74) is 2.18. The van der Waals surface area contributed by atoms with Crippen LogP contribution in [0.15, 0.2) is 12.4 Å². The molecular formula is C15H27N3. The van der Waals surface area contributed by atoms with E-state index in [2.05, 4.69) is 44.3 Å². The van der Waals surface area contributed by atoms with Gasteiger partial charge < -0.3 is 5.32 Å². The van der Waals surface area contributed by atoms with Gasteiger partial charge >= 0.3 is 0 Å². The fourth-order valence-electron chi connectivity index (χ4n) is 3.82. The smallest absolute Gasteiger partial charge is 0.0534 e. The van der Waals surface area contributed by atoms with Crippen LogP contribution >= 0.6 is 0 Å². The van der Waals surface area contributed by atoms with Crippen LogP contribution in [-0.2, 0) is 13.6 Å². The second-order valence-electron chi connectivity index (χ2n) is 7.51. The van der Waals surface area contributed by atoms with Crippen molar-refractivity contribution in [3.8, 4) is 0 Å². The summed E-state index contributed by atoms with van der Waals surface area (Å²) in [7, 11) is 1.97. The Morgan fingerprint density at radius 1 is 1.28 bits per heavy atom. The van der Waals surface area contributed by atoms with Crippen molar-refractivity contribution < 1.29 is 0 Å². The first-order valence-electron chi connectivity index (χ1n) is 6.97. The maximum atomic E-state index is 4.21. The van der Waals surface area contributed by atoms with Crippen molar-refractivity contribution in [2.24, 2.45) is 17.9 Å². The number of hydrogen-bond donors (Lipinski definition) is 1. The highest BCUT2D eigenvalue weighted by Crippen LogP contribution is 2.45. The quantitative estimate of drug-likeness (QED) is 0.892. The molecule has 0 aromatic carbocycles. The molecule has 1 aromatic rings. The molecule has 1 saturated carbocycles. The van der Waals surface area contributed by atoms with E-state index in [4.69, 9.17) is 0 Å². The van der Waals surface area contributed by atoms with Crippen LogP contribution in [0.3, 0.4) is 0 Å². The van der Waals surface area contributed by atoms with E-state index in [9.17, 15) is 0 Å². The van der Waals surface area contributed by atoms with Crippen molar-refractivity contribution >= 4 is 0 Å². The summed E-state index contributed by atoms with van der Waals surface area (Å²) in [6.07, 6.45) is 7.91. The number of nitrogens with zero attached hydrogens (tertiary/aromatic N) is 2. The fraction of sp³-hybridized carbons (Fsp3) is 0.800. The minimum absolute atomic E-state index is 0.453. The molecule has 1 N–H and O–H groups in total. The molecule has 0 bridgehead atoms. The second-order valence-corrected chi connectivity index (χ2v) is 7.51. The van der Waals surface area contributed by atoms with Crippen molar-refractivity contribution in [2.45, 2.75) is 59.5 Å². The summed E-state index contributed by atoms with van der Waals surface area (Å²) in [5.74, 6) is 0. The van der Waals surface area contributed by atoms with Crippen LogP contribution in [0.5, 0.6) is 0 Å². The molecule has 2 rings (SSSR count). The van der Waals surface area contributed by atoms with Crippen LogP contribution in [-0.4, -0.2) is 15.8 Å². The first-order valence-corrected chi connectivity index (χ1v) is 6.97. The molecule has 1 aliphatic rings. The van der Waals surface area contributed by atoms with Gasteiger partial charge in [-0.05, 0) is 30.1 Å². The molecule has 1 aromatic heterocycles. The van der Waals surface area contributed by atoms with Gasteiger partial charge in [0.1, 0.15) is 0 Å². The summed E-state index contributed by atoms with van der Waals surface area (Å²) in [5, 5.41) is 7.92. The Morgan fingerprint density at radius 3 is 2.39 bits per heavy atom. The normalized spacial score (nSPS) is 23.2. The van der Waals surface area contributed by atoms with Gasteiger partial charge in [-0.2, -0.15) is 5.10 Å². The van der Waals surface area contributed by atoms with Gasteiger partial charge in [0.15, 0.2) is 0 Å². The van der Waals surface area contributed by atoms with E-state index in [0.29, 0.717) is 16.9 Å². The van der Waals surface area contributed by atoms with E-state index >= 15 is 0 Å². The molecule has 0 amide bonds. The van der Waals surface area contributed by atoms with E-state index < -0.39 is 0 Å². The van der Waals surface area contributed by atoms with Gasteiger partial charge in [0.2, 0.25) is 0 Å². The molecule has 0 aliphatic heterocycles. The van der Waals surface area contributed by atoms with Gasteiger partial charge in [-0.3, -0.25) is 4.68 Å². The zero-order valence-electron chi connectivity index (χ0n) is 12.5. The van der Waals surface area contributed by atoms with Crippen molar-refractivity contribution in [3.63, 3.8) is 0 Å². The maximum Gasteiger partial charge on any atom is 0.0534 e. The molecule has 1 aliphatic carbocycles. The SMILES string of the molecule is Cn1cc(CNC2CC(C)(C)CC(C)(C)C2)cn1. The van der Waals surface area contributed by atoms with E-state index in [-0.39, 0.29) is 0 Å². The Kier molecular flexibility index (Phi) is 3.54. The van der Waals surface area contributed by atoms with Crippen molar-refractivity contribution in [2.75, 3.05) is 0 Å². The molecule has 18 heavy (non-hydrogen) atoms. The number of hydrogen-bond acceptors (Lipinski definition) is 2. The number of aromatic nitrogens is 2. The van der Waals surface area contributed by atoms with Crippen LogP contribution in [0.4, 0.5) is 0 Å². The summed E-state index contributed by atoms with van der Waals surface area (Å²) in [4.78, 5) is 0. The third kappa shape index (κ3) is 3.58. The third-order valence-electron chi connectivity index (χ3n) is 3.91. The van der Waals surface area contributed by atoms with E-state index in [1.807, 2.05) is 17.9 Å². The van der Waals surface area contributed by atoms with Crippen LogP contribution in [0.25, 0.3) is 0 Å². The molecule has 102 valence electrons. The van der Waals surface area contributed by atoms with E-state index in [1.165, 1.54) is 24.8 Å².